The molecular formula is C16H22N2O2. The summed E-state index contributed by atoms with van der Waals surface area (Å²) in [5.74, 6) is 0.150. The van der Waals surface area contributed by atoms with Crippen molar-refractivity contribution >= 4 is 16.8 Å². The highest BCUT2D eigenvalue weighted by atomic mass is 16.5. The van der Waals surface area contributed by atoms with E-state index in [0.29, 0.717) is 32.7 Å². The summed E-state index contributed by atoms with van der Waals surface area (Å²) in [5.41, 5.74) is 2.13. The summed E-state index contributed by atoms with van der Waals surface area (Å²) >= 11 is 0. The van der Waals surface area contributed by atoms with E-state index < -0.39 is 0 Å². The number of rotatable bonds is 7. The third-order valence-electron chi connectivity index (χ3n) is 3.46. The molecule has 1 heterocycles. The number of carbonyl (C=O) groups is 1. The van der Waals surface area contributed by atoms with Crippen molar-refractivity contribution in [3.8, 4) is 0 Å². The molecule has 1 amide bonds. The third-order valence-corrected chi connectivity index (χ3v) is 3.46. The number of aromatic nitrogens is 1. The van der Waals surface area contributed by atoms with Crippen LogP contribution in [0.4, 0.5) is 0 Å². The number of amides is 1. The molecule has 2 rings (SSSR count). The lowest BCUT2D eigenvalue weighted by atomic mass is 10.1. The van der Waals surface area contributed by atoms with Crippen LogP contribution in [0, 0.1) is 0 Å². The molecule has 0 aliphatic rings. The molecule has 4 nitrogen and oxygen atoms in total. The molecule has 0 aliphatic carbocycles. The van der Waals surface area contributed by atoms with E-state index >= 15 is 0 Å². The van der Waals surface area contributed by atoms with Crippen molar-refractivity contribution in [3.05, 3.63) is 36.0 Å². The second-order valence-corrected chi connectivity index (χ2v) is 4.71. The van der Waals surface area contributed by atoms with Gasteiger partial charge in [-0.1, -0.05) is 18.2 Å². The van der Waals surface area contributed by atoms with Crippen LogP contribution in [0.1, 0.15) is 19.4 Å². The topological polar surface area (TPSA) is 45.3 Å². The average Bonchev–Trinajstić information content (AvgIpc) is 2.87. The van der Waals surface area contributed by atoms with E-state index in [9.17, 15) is 4.79 Å². The summed E-state index contributed by atoms with van der Waals surface area (Å²) < 4.78 is 5.32. The molecule has 0 unspecified atom stereocenters. The molecule has 0 atom stereocenters. The predicted molar refractivity (Wildman–Crippen MR) is 80.7 cm³/mol. The number of ether oxygens (including phenoxy) is 1. The lowest BCUT2D eigenvalue weighted by Gasteiger charge is -2.20. The molecule has 0 spiro atoms. The van der Waals surface area contributed by atoms with Gasteiger partial charge in [-0.05, 0) is 25.5 Å². The van der Waals surface area contributed by atoms with Crippen LogP contribution in [-0.2, 0) is 16.0 Å². The normalized spacial score (nSPS) is 10.9. The number of hydrogen-bond donors (Lipinski definition) is 1. The van der Waals surface area contributed by atoms with Crippen molar-refractivity contribution in [1.29, 1.82) is 0 Å². The van der Waals surface area contributed by atoms with Gasteiger partial charge in [0, 0.05) is 36.8 Å². The lowest BCUT2D eigenvalue weighted by molar-refractivity contribution is -0.131. The van der Waals surface area contributed by atoms with Crippen molar-refractivity contribution in [2.24, 2.45) is 0 Å². The van der Waals surface area contributed by atoms with Crippen LogP contribution < -0.4 is 0 Å². The number of carbonyl (C=O) groups excluding carboxylic acids is 1. The summed E-state index contributed by atoms with van der Waals surface area (Å²) in [4.78, 5) is 17.4. The molecule has 1 aromatic carbocycles. The fourth-order valence-electron chi connectivity index (χ4n) is 2.33. The highest BCUT2D eigenvalue weighted by Gasteiger charge is 2.14. The Bertz CT molecular complexity index is 562. The maximum Gasteiger partial charge on any atom is 0.227 e. The van der Waals surface area contributed by atoms with Gasteiger partial charge in [-0.2, -0.15) is 0 Å². The molecule has 1 aromatic heterocycles. The number of fused-ring (bicyclic) bond motifs is 1. The molecule has 2 aromatic rings. The third kappa shape index (κ3) is 3.39. The summed E-state index contributed by atoms with van der Waals surface area (Å²) in [7, 11) is 0. The molecule has 0 fully saturated rings. The standard InChI is InChI=1S/C16H22N2O2/c1-3-18(9-10-20-4-2)16(19)11-13-12-17-15-8-6-5-7-14(13)15/h5-8,12,17H,3-4,9-11H2,1-2H3. The molecule has 0 aliphatic heterocycles. The SMILES string of the molecule is CCOCCN(CC)C(=O)Cc1c[nH]c2ccccc12. The molecular weight excluding hydrogens is 252 g/mol. The average molecular weight is 274 g/mol. The summed E-state index contributed by atoms with van der Waals surface area (Å²) in [6.45, 7) is 6.63. The van der Waals surface area contributed by atoms with Crippen LogP contribution in [0.5, 0.6) is 0 Å². The highest BCUT2D eigenvalue weighted by molar-refractivity contribution is 5.88. The largest absolute Gasteiger partial charge is 0.380 e. The van der Waals surface area contributed by atoms with Gasteiger partial charge < -0.3 is 14.6 Å². The fraction of sp³-hybridized carbons (Fsp3) is 0.438. The van der Waals surface area contributed by atoms with Crippen LogP contribution in [-0.4, -0.2) is 42.1 Å². The Balaban J connectivity index is 2.02. The number of hydrogen-bond acceptors (Lipinski definition) is 2. The number of aromatic amines is 1. The molecule has 4 heteroatoms. The smallest absolute Gasteiger partial charge is 0.227 e. The molecule has 1 N–H and O–H groups in total. The van der Waals surface area contributed by atoms with E-state index in [2.05, 4.69) is 4.98 Å². The monoisotopic (exact) mass is 274 g/mol. The minimum atomic E-state index is 0.150. The van der Waals surface area contributed by atoms with Gasteiger partial charge in [-0.3, -0.25) is 4.79 Å². The van der Waals surface area contributed by atoms with Gasteiger partial charge in [0.15, 0.2) is 0 Å². The molecule has 0 saturated heterocycles. The first kappa shape index (κ1) is 14.6. The number of nitrogens with one attached hydrogen (secondary N) is 1. The van der Waals surface area contributed by atoms with E-state index in [-0.39, 0.29) is 5.91 Å². The second-order valence-electron chi connectivity index (χ2n) is 4.71. The van der Waals surface area contributed by atoms with Crippen LogP contribution in [0.3, 0.4) is 0 Å². The van der Waals surface area contributed by atoms with Crippen LogP contribution in [0.15, 0.2) is 30.5 Å². The molecule has 20 heavy (non-hydrogen) atoms. The van der Waals surface area contributed by atoms with Gasteiger partial charge in [0.25, 0.3) is 0 Å². The number of benzene rings is 1. The fourth-order valence-corrected chi connectivity index (χ4v) is 2.33. The van der Waals surface area contributed by atoms with Gasteiger partial charge in [-0.15, -0.1) is 0 Å². The van der Waals surface area contributed by atoms with E-state index in [1.54, 1.807) is 0 Å². The minimum Gasteiger partial charge on any atom is -0.380 e. The lowest BCUT2D eigenvalue weighted by Crippen LogP contribution is -2.34. The van der Waals surface area contributed by atoms with Crippen LogP contribution in [0.2, 0.25) is 0 Å². The summed E-state index contributed by atoms with van der Waals surface area (Å²) in [6.07, 6.45) is 2.36. The first-order valence-corrected chi connectivity index (χ1v) is 7.16. The Morgan fingerprint density at radius 2 is 2.10 bits per heavy atom. The van der Waals surface area contributed by atoms with Crippen molar-refractivity contribution in [2.75, 3.05) is 26.3 Å². The van der Waals surface area contributed by atoms with Crippen molar-refractivity contribution in [1.82, 2.24) is 9.88 Å². The van der Waals surface area contributed by atoms with E-state index in [1.165, 1.54) is 0 Å². The maximum absolute atomic E-state index is 12.3. The number of H-pyrrole nitrogens is 1. The van der Waals surface area contributed by atoms with Crippen molar-refractivity contribution in [3.63, 3.8) is 0 Å². The van der Waals surface area contributed by atoms with Crippen molar-refractivity contribution < 1.29 is 9.53 Å². The van der Waals surface area contributed by atoms with Gasteiger partial charge in [0.2, 0.25) is 5.91 Å². The Labute approximate surface area is 119 Å². The number of likely N-dealkylation sites (N-methyl/N-ethyl adjacent to an activating group) is 1. The second kappa shape index (κ2) is 7.10. The minimum absolute atomic E-state index is 0.150. The van der Waals surface area contributed by atoms with Gasteiger partial charge in [-0.25, -0.2) is 0 Å². The van der Waals surface area contributed by atoms with E-state index in [0.717, 1.165) is 16.5 Å². The van der Waals surface area contributed by atoms with Gasteiger partial charge in [0.1, 0.15) is 0 Å². The maximum atomic E-state index is 12.3. The summed E-state index contributed by atoms with van der Waals surface area (Å²) in [6, 6.07) is 8.06. The van der Waals surface area contributed by atoms with Gasteiger partial charge >= 0.3 is 0 Å². The molecule has 0 saturated carbocycles. The molecule has 108 valence electrons. The Kier molecular flexibility index (Phi) is 5.18. The number of para-hydroxylation sites is 1. The molecule has 0 radical (unpaired) electrons. The van der Waals surface area contributed by atoms with Crippen LogP contribution in [0.25, 0.3) is 10.9 Å². The zero-order valence-electron chi connectivity index (χ0n) is 12.2. The van der Waals surface area contributed by atoms with E-state index in [1.807, 2.05) is 49.2 Å². The first-order valence-electron chi connectivity index (χ1n) is 7.16. The Hall–Kier alpha value is -1.81. The zero-order valence-corrected chi connectivity index (χ0v) is 12.2. The first-order chi connectivity index (χ1) is 9.76. The van der Waals surface area contributed by atoms with Crippen molar-refractivity contribution in [2.45, 2.75) is 20.3 Å². The summed E-state index contributed by atoms with van der Waals surface area (Å²) in [5, 5.41) is 1.13. The number of nitrogens with zero attached hydrogens (tertiary/aromatic N) is 1. The van der Waals surface area contributed by atoms with Crippen LogP contribution >= 0.6 is 0 Å². The predicted octanol–water partition coefficient (Wildman–Crippen LogP) is 2.60. The Morgan fingerprint density at radius 3 is 2.85 bits per heavy atom. The quantitative estimate of drug-likeness (QED) is 0.789. The Morgan fingerprint density at radius 1 is 1.30 bits per heavy atom. The highest BCUT2D eigenvalue weighted by Crippen LogP contribution is 2.18. The van der Waals surface area contributed by atoms with Gasteiger partial charge in [0.05, 0.1) is 13.0 Å². The zero-order chi connectivity index (χ0) is 14.4. The molecule has 0 bridgehead atoms. The van der Waals surface area contributed by atoms with E-state index in [4.69, 9.17) is 4.74 Å².